The van der Waals surface area contributed by atoms with Crippen molar-refractivity contribution in [1.82, 2.24) is 10.6 Å². The predicted molar refractivity (Wildman–Crippen MR) is 169 cm³/mol. The van der Waals surface area contributed by atoms with Crippen LogP contribution in [0.2, 0.25) is 0 Å². The molecule has 0 fully saturated rings. The van der Waals surface area contributed by atoms with Crippen molar-refractivity contribution in [2.24, 2.45) is 0 Å². The van der Waals surface area contributed by atoms with Crippen molar-refractivity contribution in [2.75, 3.05) is 13.3 Å². The normalized spacial score (nSPS) is 17.3. The molecule has 2 aromatic carbocycles. The lowest BCUT2D eigenvalue weighted by molar-refractivity contribution is -0.126. The highest BCUT2D eigenvalue weighted by molar-refractivity contribution is 5.98. The van der Waals surface area contributed by atoms with Gasteiger partial charge in [0, 0.05) is 30.7 Å². The molecule has 47 heavy (non-hydrogen) atoms. The highest BCUT2D eigenvalue weighted by Gasteiger charge is 2.32. The van der Waals surface area contributed by atoms with Crippen LogP contribution in [0.15, 0.2) is 53.2 Å². The highest BCUT2D eigenvalue weighted by Crippen LogP contribution is 2.46. The number of Topliss-reactive ketones (excluding diaryl/α,β-unsaturated/α-hetero) is 1. The summed E-state index contributed by atoms with van der Waals surface area (Å²) in [4.78, 5) is 51.4. The molecule has 3 aromatic rings. The van der Waals surface area contributed by atoms with Crippen LogP contribution in [0.1, 0.15) is 90.6 Å². The van der Waals surface area contributed by atoms with Crippen LogP contribution in [0.3, 0.4) is 0 Å². The Labute approximate surface area is 271 Å². The van der Waals surface area contributed by atoms with Crippen molar-refractivity contribution in [3.05, 3.63) is 76.8 Å². The second-order valence-corrected chi connectivity index (χ2v) is 11.6. The van der Waals surface area contributed by atoms with Gasteiger partial charge in [-0.05, 0) is 74.1 Å². The molecule has 0 saturated carbocycles. The largest absolute Gasteiger partial charge is 0.507 e. The van der Waals surface area contributed by atoms with Crippen LogP contribution >= 0.6 is 0 Å². The summed E-state index contributed by atoms with van der Waals surface area (Å²) < 4.78 is 21.9. The average molecular weight is 647 g/mol. The number of carbonyl (C=O) groups excluding carboxylic acids is 4. The van der Waals surface area contributed by atoms with Gasteiger partial charge in [-0.3, -0.25) is 14.4 Å². The monoisotopic (exact) mass is 646 g/mol. The molecule has 2 aliphatic heterocycles. The molecule has 1 aromatic heterocycles. The van der Waals surface area contributed by atoms with E-state index in [4.69, 9.17) is 18.6 Å². The first-order valence-corrected chi connectivity index (χ1v) is 15.6. The van der Waals surface area contributed by atoms with Gasteiger partial charge < -0.3 is 39.5 Å². The minimum absolute atomic E-state index is 0.0108. The smallest absolute Gasteiger partial charge is 0.342 e. The lowest BCUT2D eigenvalue weighted by Crippen LogP contribution is -2.37. The molecule has 2 aliphatic rings. The number of cyclic esters (lactones) is 1. The number of ketones is 1. The minimum atomic E-state index is -0.978. The summed E-state index contributed by atoms with van der Waals surface area (Å²) in [6.45, 7) is 1.55. The molecule has 12 nitrogen and oxygen atoms in total. The van der Waals surface area contributed by atoms with Gasteiger partial charge >= 0.3 is 5.97 Å². The number of fused-ring (bicyclic) bond motifs is 2. The number of rotatable bonds is 8. The number of carbonyl (C=O) groups is 4. The standard InChI is InChI=1S/C35H38N2O10/c1-21-7-5-10-24(38)9-4-2-3-8-23-15-27(39)33(34(42)32(23)35(43)47-21)26(22-12-13-28-29(16-22)46-20-45-28)17-30(40)37-19-31(41)36-18-25-11-6-14-44-25/h3,6,8,11-16,21,26,39,42H,2,4-5,7,9-10,17-20H2,1H3,(H,36,41)(H,37,40)/t21-,26?/m0/s1. The van der Waals surface area contributed by atoms with Crippen LogP contribution in [-0.4, -0.2) is 53.2 Å². The molecule has 0 bridgehead atoms. The number of hydrogen-bond acceptors (Lipinski definition) is 10. The van der Waals surface area contributed by atoms with Gasteiger partial charge in [0.2, 0.25) is 18.6 Å². The fraction of sp³-hybridized carbons (Fsp3) is 0.371. The molecule has 0 saturated heterocycles. The van der Waals surface area contributed by atoms with Crippen molar-refractivity contribution in [1.29, 1.82) is 0 Å². The number of nitrogens with one attached hydrogen (secondary N) is 2. The maximum Gasteiger partial charge on any atom is 0.342 e. The zero-order valence-electron chi connectivity index (χ0n) is 26.1. The Kier molecular flexibility index (Phi) is 10.8. The van der Waals surface area contributed by atoms with E-state index in [2.05, 4.69) is 10.6 Å². The predicted octanol–water partition coefficient (Wildman–Crippen LogP) is 4.86. The first kappa shape index (κ1) is 33.1. The molecular weight excluding hydrogens is 608 g/mol. The Balaban J connectivity index is 1.46. The molecule has 1 unspecified atom stereocenters. The molecule has 4 N–H and O–H groups in total. The van der Waals surface area contributed by atoms with E-state index in [1.807, 2.05) is 0 Å². The van der Waals surface area contributed by atoms with Gasteiger partial charge in [0.25, 0.3) is 0 Å². The van der Waals surface area contributed by atoms with Crippen LogP contribution in [0.4, 0.5) is 0 Å². The summed E-state index contributed by atoms with van der Waals surface area (Å²) in [5.74, 6) is -2.04. The van der Waals surface area contributed by atoms with E-state index in [1.165, 1.54) is 12.3 Å². The molecule has 12 heteroatoms. The lowest BCUT2D eigenvalue weighted by Gasteiger charge is -2.23. The van der Waals surface area contributed by atoms with Gasteiger partial charge in [-0.1, -0.05) is 18.2 Å². The topological polar surface area (TPSA) is 174 Å². The van der Waals surface area contributed by atoms with Gasteiger partial charge in [-0.15, -0.1) is 0 Å². The number of phenols is 2. The number of allylic oxidation sites excluding steroid dienone is 1. The van der Waals surface area contributed by atoms with Crippen LogP contribution in [0.25, 0.3) is 6.08 Å². The molecule has 3 heterocycles. The summed E-state index contributed by atoms with van der Waals surface area (Å²) in [5.41, 5.74) is 0.494. The number of furan rings is 1. The quantitative estimate of drug-likeness (QED) is 0.248. The first-order chi connectivity index (χ1) is 22.7. The Bertz CT molecular complexity index is 1650. The molecule has 248 valence electrons. The van der Waals surface area contributed by atoms with Gasteiger partial charge in [-0.2, -0.15) is 0 Å². The molecule has 2 amide bonds. The molecule has 0 radical (unpaired) electrons. The molecule has 0 aliphatic carbocycles. The Morgan fingerprint density at radius 1 is 1.00 bits per heavy atom. The fourth-order valence-electron chi connectivity index (χ4n) is 5.63. The van der Waals surface area contributed by atoms with E-state index in [0.717, 1.165) is 0 Å². The van der Waals surface area contributed by atoms with Crippen LogP contribution in [0.5, 0.6) is 23.0 Å². The molecular formula is C35H38N2O10. The lowest BCUT2D eigenvalue weighted by atomic mass is 9.84. The van der Waals surface area contributed by atoms with Crippen molar-refractivity contribution in [3.63, 3.8) is 0 Å². The summed E-state index contributed by atoms with van der Waals surface area (Å²) in [6.07, 6.45) is 7.05. The van der Waals surface area contributed by atoms with E-state index in [1.54, 1.807) is 49.4 Å². The number of esters is 1. The SMILES string of the molecule is C[C@H]1CCCC(=O)CCCC=Cc2cc(O)c(C(CC(=O)NCC(=O)NCc3ccco3)c3ccc4c(c3)OCO4)c(O)c2C(=O)O1. The Morgan fingerprint density at radius 3 is 2.62 bits per heavy atom. The van der Waals surface area contributed by atoms with Crippen molar-refractivity contribution < 1.29 is 48.0 Å². The zero-order valence-corrected chi connectivity index (χ0v) is 26.1. The maximum atomic E-state index is 13.6. The number of ether oxygens (including phenoxy) is 3. The number of amides is 2. The molecule has 5 rings (SSSR count). The third-order valence-corrected chi connectivity index (χ3v) is 8.07. The van der Waals surface area contributed by atoms with Crippen molar-refractivity contribution in [3.8, 4) is 23.0 Å². The average Bonchev–Trinajstić information content (AvgIpc) is 3.73. The van der Waals surface area contributed by atoms with E-state index in [-0.39, 0.29) is 54.5 Å². The third-order valence-electron chi connectivity index (χ3n) is 8.07. The number of benzene rings is 2. The molecule has 0 spiro atoms. The van der Waals surface area contributed by atoms with Gasteiger partial charge in [0.1, 0.15) is 28.6 Å². The highest BCUT2D eigenvalue weighted by atomic mass is 16.7. The van der Waals surface area contributed by atoms with Gasteiger partial charge in [0.05, 0.1) is 25.5 Å². The summed E-state index contributed by atoms with van der Waals surface area (Å²) >= 11 is 0. The number of aromatic hydroxyl groups is 2. The summed E-state index contributed by atoms with van der Waals surface area (Å²) in [5, 5.41) is 28.3. The van der Waals surface area contributed by atoms with E-state index >= 15 is 0 Å². The van der Waals surface area contributed by atoms with Gasteiger partial charge in [0.15, 0.2) is 11.5 Å². The fourth-order valence-corrected chi connectivity index (χ4v) is 5.63. The first-order valence-electron chi connectivity index (χ1n) is 15.6. The second kappa shape index (κ2) is 15.4. The van der Waals surface area contributed by atoms with Crippen molar-refractivity contribution in [2.45, 2.75) is 70.4 Å². The Morgan fingerprint density at radius 2 is 1.81 bits per heavy atom. The van der Waals surface area contributed by atoms with Crippen LogP contribution in [0, 0.1) is 0 Å². The summed E-state index contributed by atoms with van der Waals surface area (Å²) in [6, 6.07) is 9.73. The van der Waals surface area contributed by atoms with Crippen LogP contribution < -0.4 is 20.1 Å². The van der Waals surface area contributed by atoms with E-state index in [0.29, 0.717) is 61.3 Å². The molecule has 2 atom stereocenters. The van der Waals surface area contributed by atoms with Crippen molar-refractivity contribution >= 4 is 29.6 Å². The van der Waals surface area contributed by atoms with Gasteiger partial charge in [-0.25, -0.2) is 4.79 Å². The minimum Gasteiger partial charge on any atom is -0.507 e. The van der Waals surface area contributed by atoms with E-state index < -0.39 is 35.6 Å². The number of hydrogen-bond donors (Lipinski definition) is 4. The van der Waals surface area contributed by atoms with Crippen LogP contribution in [-0.2, 0) is 25.7 Å². The third kappa shape index (κ3) is 8.51. The second-order valence-electron chi connectivity index (χ2n) is 11.6. The zero-order chi connectivity index (χ0) is 33.3. The Hall–Kier alpha value is -5.26. The maximum absolute atomic E-state index is 13.6. The number of phenolic OH excluding ortho intramolecular Hbond substituents is 2. The summed E-state index contributed by atoms with van der Waals surface area (Å²) in [7, 11) is 0. The van der Waals surface area contributed by atoms with E-state index in [9.17, 15) is 29.4 Å².